The van der Waals surface area contributed by atoms with Crippen LogP contribution < -0.4 is 0 Å². The van der Waals surface area contributed by atoms with Gasteiger partial charge in [-0.2, -0.15) is 0 Å². The van der Waals surface area contributed by atoms with Crippen LogP contribution >= 0.6 is 0 Å². The topological polar surface area (TPSA) is 20.2 Å². The van der Waals surface area contributed by atoms with Crippen LogP contribution in [0, 0.1) is 11.9 Å². The average Bonchev–Trinajstić information content (AvgIpc) is 1.95. The number of rotatable bonds is 1. The van der Waals surface area contributed by atoms with Crippen molar-refractivity contribution < 1.29 is 9.50 Å². The molecule has 0 saturated carbocycles. The zero-order valence-electron chi connectivity index (χ0n) is 5.26. The molecule has 1 N–H and O–H groups in total. The molecule has 0 aliphatic carbocycles. The third-order valence-electron chi connectivity index (χ3n) is 1.17. The van der Waals surface area contributed by atoms with Crippen LogP contribution in [0.25, 0.3) is 0 Å². The van der Waals surface area contributed by atoms with Gasteiger partial charge in [0.25, 0.3) is 0 Å². The van der Waals surface area contributed by atoms with E-state index in [4.69, 9.17) is 5.11 Å². The van der Waals surface area contributed by atoms with Gasteiger partial charge in [0, 0.05) is 5.56 Å². The molecule has 0 saturated heterocycles. The van der Waals surface area contributed by atoms with E-state index >= 15 is 0 Å². The Bertz CT molecular complexity index is 255. The lowest BCUT2D eigenvalue weighted by Gasteiger charge is -1.96. The van der Waals surface area contributed by atoms with Crippen LogP contribution in [0.5, 0.6) is 5.75 Å². The maximum atomic E-state index is 12.6. The maximum Gasteiger partial charge on any atom is 0.172 e. The van der Waals surface area contributed by atoms with Gasteiger partial charge in [0.2, 0.25) is 0 Å². The Kier molecular flexibility index (Phi) is 1.71. The van der Waals surface area contributed by atoms with Crippen molar-refractivity contribution in [1.82, 2.24) is 0 Å². The van der Waals surface area contributed by atoms with E-state index in [1.165, 1.54) is 18.2 Å². The zero-order valence-corrected chi connectivity index (χ0v) is 5.26. The molecule has 2 heteroatoms. The summed E-state index contributed by atoms with van der Waals surface area (Å²) in [5, 5.41) is 8.79. The molecule has 0 spiro atoms. The Hall–Kier alpha value is -1.31. The summed E-state index contributed by atoms with van der Waals surface area (Å²) in [4.78, 5) is 0. The van der Waals surface area contributed by atoms with E-state index in [0.717, 1.165) is 0 Å². The number of benzene rings is 1. The van der Waals surface area contributed by atoms with Gasteiger partial charge in [0.1, 0.15) is 0 Å². The monoisotopic (exact) mass is 137 g/mol. The van der Waals surface area contributed by atoms with E-state index in [1.807, 2.05) is 0 Å². The molecule has 0 unspecified atom stereocenters. The van der Waals surface area contributed by atoms with Crippen LogP contribution in [-0.4, -0.2) is 5.11 Å². The first-order chi connectivity index (χ1) is 4.75. The predicted octanol–water partition coefficient (Wildman–Crippen LogP) is 1.87. The molecule has 0 aliphatic rings. The molecule has 1 aromatic rings. The lowest BCUT2D eigenvalue weighted by atomic mass is 10.2. The summed E-state index contributed by atoms with van der Waals surface area (Å²) in [6.45, 7) is 3.26. The normalized spacial score (nSPS) is 9.30. The molecule has 0 bridgehead atoms. The Morgan fingerprint density at radius 1 is 1.50 bits per heavy atom. The van der Waals surface area contributed by atoms with Crippen LogP contribution in [0.15, 0.2) is 24.8 Å². The summed E-state index contributed by atoms with van der Waals surface area (Å²) in [5.74, 6) is -1.04. The first-order valence-corrected chi connectivity index (χ1v) is 2.76. The molecule has 51 valence electrons. The first-order valence-electron chi connectivity index (χ1n) is 2.76. The number of hydrogen-bond acceptors (Lipinski definition) is 1. The van der Waals surface area contributed by atoms with Crippen molar-refractivity contribution in [2.45, 2.75) is 0 Å². The minimum absolute atomic E-state index is 0.194. The number of hydrogen-bond donors (Lipinski definition) is 1. The number of phenols is 1. The largest absolute Gasteiger partial charge is 0.505 e. The smallest absolute Gasteiger partial charge is 0.172 e. The highest BCUT2D eigenvalue weighted by atomic mass is 19.1. The summed E-state index contributed by atoms with van der Waals surface area (Å²) < 4.78 is 12.6. The van der Waals surface area contributed by atoms with Gasteiger partial charge in [-0.15, -0.1) is 0 Å². The molecular formula is C8H6FO. The summed E-state index contributed by atoms with van der Waals surface area (Å²) in [6, 6.07) is 4.30. The van der Waals surface area contributed by atoms with Gasteiger partial charge in [-0.05, 0) is 12.1 Å². The second kappa shape index (κ2) is 2.52. The van der Waals surface area contributed by atoms with E-state index in [9.17, 15) is 4.39 Å². The fraction of sp³-hybridized carbons (Fsp3) is 0. The van der Waals surface area contributed by atoms with Crippen molar-refractivity contribution >= 4 is 0 Å². The van der Waals surface area contributed by atoms with Gasteiger partial charge in [-0.1, -0.05) is 18.7 Å². The van der Waals surface area contributed by atoms with Crippen LogP contribution in [0.1, 0.15) is 5.56 Å². The van der Waals surface area contributed by atoms with Gasteiger partial charge in [0.15, 0.2) is 11.6 Å². The maximum absolute atomic E-state index is 12.6. The molecule has 0 amide bonds. The van der Waals surface area contributed by atoms with Crippen LogP contribution in [0.3, 0.4) is 0 Å². The molecule has 0 atom stereocenters. The van der Waals surface area contributed by atoms with Crippen molar-refractivity contribution in [1.29, 1.82) is 0 Å². The van der Waals surface area contributed by atoms with E-state index < -0.39 is 5.82 Å². The summed E-state index contributed by atoms with van der Waals surface area (Å²) in [6.07, 6.45) is 2.35. The highest BCUT2D eigenvalue weighted by Crippen LogP contribution is 2.17. The van der Waals surface area contributed by atoms with Gasteiger partial charge in [-0.25, -0.2) is 4.39 Å². The number of halogens is 1. The Balaban J connectivity index is 3.27. The van der Waals surface area contributed by atoms with Crippen LogP contribution in [-0.2, 0) is 0 Å². The van der Waals surface area contributed by atoms with Crippen molar-refractivity contribution in [2.24, 2.45) is 0 Å². The molecule has 0 aliphatic heterocycles. The third-order valence-corrected chi connectivity index (χ3v) is 1.17. The van der Waals surface area contributed by atoms with Crippen LogP contribution in [0.4, 0.5) is 4.39 Å². The van der Waals surface area contributed by atoms with Crippen molar-refractivity contribution in [3.63, 3.8) is 0 Å². The third kappa shape index (κ3) is 1.00. The Labute approximate surface area is 58.4 Å². The molecular weight excluding hydrogens is 131 g/mol. The van der Waals surface area contributed by atoms with E-state index in [1.54, 1.807) is 0 Å². The molecule has 10 heavy (non-hydrogen) atoms. The summed E-state index contributed by atoms with van der Waals surface area (Å²) in [7, 11) is 0. The molecule has 0 fully saturated rings. The quantitative estimate of drug-likeness (QED) is 0.626. The van der Waals surface area contributed by atoms with Crippen molar-refractivity contribution in [3.8, 4) is 5.75 Å². The molecule has 1 nitrogen and oxygen atoms in total. The number of phenolic OH excluding ortho intramolecular Hbond substituents is 1. The SMILES string of the molecule is C=[C]c1cccc(O)c1F. The van der Waals surface area contributed by atoms with Crippen molar-refractivity contribution in [3.05, 3.63) is 42.2 Å². The minimum Gasteiger partial charge on any atom is -0.505 e. The fourth-order valence-electron chi connectivity index (χ4n) is 0.656. The first kappa shape index (κ1) is 6.81. The predicted molar refractivity (Wildman–Crippen MR) is 36.0 cm³/mol. The lowest BCUT2D eigenvalue weighted by molar-refractivity contribution is 0.431. The molecule has 1 rings (SSSR count). The molecule has 1 radical (unpaired) electrons. The Morgan fingerprint density at radius 2 is 2.20 bits per heavy atom. The zero-order chi connectivity index (χ0) is 7.56. The van der Waals surface area contributed by atoms with E-state index in [2.05, 4.69) is 12.7 Å². The lowest BCUT2D eigenvalue weighted by Crippen LogP contribution is -1.81. The Morgan fingerprint density at radius 3 is 2.70 bits per heavy atom. The van der Waals surface area contributed by atoms with Crippen LogP contribution in [0.2, 0.25) is 0 Å². The second-order valence-electron chi connectivity index (χ2n) is 1.82. The summed E-state index contributed by atoms with van der Waals surface area (Å²) in [5.41, 5.74) is 0.194. The van der Waals surface area contributed by atoms with Gasteiger partial charge in [-0.3, -0.25) is 0 Å². The average molecular weight is 137 g/mol. The van der Waals surface area contributed by atoms with Gasteiger partial charge >= 0.3 is 0 Å². The number of aromatic hydroxyl groups is 1. The van der Waals surface area contributed by atoms with E-state index in [0.29, 0.717) is 0 Å². The second-order valence-corrected chi connectivity index (χ2v) is 1.82. The van der Waals surface area contributed by atoms with Crippen molar-refractivity contribution in [2.75, 3.05) is 0 Å². The minimum atomic E-state index is -0.669. The molecule has 1 aromatic carbocycles. The van der Waals surface area contributed by atoms with E-state index in [-0.39, 0.29) is 11.3 Å². The van der Waals surface area contributed by atoms with Gasteiger partial charge < -0.3 is 5.11 Å². The molecule has 0 aromatic heterocycles. The fourth-order valence-corrected chi connectivity index (χ4v) is 0.656. The molecule has 0 heterocycles. The standard InChI is InChI=1S/C8H6FO/c1-2-6-4-3-5-7(10)8(6)9/h3-5,10H,1H2. The highest BCUT2D eigenvalue weighted by Gasteiger charge is 2.01. The van der Waals surface area contributed by atoms with Gasteiger partial charge in [0.05, 0.1) is 0 Å². The highest BCUT2D eigenvalue weighted by molar-refractivity contribution is 5.32. The summed E-state index contributed by atoms with van der Waals surface area (Å²) >= 11 is 0.